The van der Waals surface area contributed by atoms with Gasteiger partial charge in [0.05, 0.1) is 12.4 Å². The Balaban J connectivity index is 1.92. The van der Waals surface area contributed by atoms with E-state index in [2.05, 4.69) is 16.9 Å². The lowest BCUT2D eigenvalue weighted by Crippen LogP contribution is -2.40. The van der Waals surface area contributed by atoms with Gasteiger partial charge >= 0.3 is 5.97 Å². The van der Waals surface area contributed by atoms with Gasteiger partial charge in [-0.1, -0.05) is 18.7 Å². The molecule has 8 heteroatoms. The number of hydrogen-bond donors (Lipinski definition) is 1. The lowest BCUT2D eigenvalue weighted by atomic mass is 10.0. The largest absolute Gasteiger partial charge is 0.462 e. The number of thioether (sulfide) groups is 1. The Kier molecular flexibility index (Phi) is 6.20. The second-order valence-electron chi connectivity index (χ2n) is 5.55. The van der Waals surface area contributed by atoms with Gasteiger partial charge in [0.15, 0.2) is 5.16 Å². The number of hydrogen-bond acceptors (Lipinski definition) is 7. The molecule has 1 saturated heterocycles. The van der Waals surface area contributed by atoms with Crippen LogP contribution in [0.2, 0.25) is 0 Å². The number of aromatic nitrogens is 2. The summed E-state index contributed by atoms with van der Waals surface area (Å²) >= 11 is 1.23. The van der Waals surface area contributed by atoms with Crippen molar-refractivity contribution in [2.24, 2.45) is 5.92 Å². The van der Waals surface area contributed by atoms with E-state index in [1.807, 2.05) is 4.90 Å². The highest BCUT2D eigenvalue weighted by atomic mass is 32.2. The van der Waals surface area contributed by atoms with Crippen LogP contribution in [0, 0.1) is 5.92 Å². The minimum absolute atomic E-state index is 0.0694. The third-order valence-corrected chi connectivity index (χ3v) is 4.47. The number of piperidine rings is 1. The zero-order chi connectivity index (χ0) is 16.8. The molecule has 2 heterocycles. The number of rotatable bonds is 5. The number of nitrogen functional groups attached to an aromatic ring is 1. The van der Waals surface area contributed by atoms with E-state index in [4.69, 9.17) is 10.5 Å². The van der Waals surface area contributed by atoms with Crippen molar-refractivity contribution in [2.45, 2.75) is 31.8 Å². The van der Waals surface area contributed by atoms with E-state index in [1.54, 1.807) is 6.92 Å². The number of carbonyl (C=O) groups is 2. The van der Waals surface area contributed by atoms with Crippen molar-refractivity contribution in [2.75, 3.05) is 31.2 Å². The number of anilines is 1. The second-order valence-corrected chi connectivity index (χ2v) is 6.49. The average molecular weight is 338 g/mol. The van der Waals surface area contributed by atoms with Gasteiger partial charge in [-0.2, -0.15) is 0 Å². The number of carbonyl (C=O) groups excluding carboxylic acids is 2. The van der Waals surface area contributed by atoms with Crippen molar-refractivity contribution in [1.29, 1.82) is 0 Å². The molecule has 1 aromatic heterocycles. The molecule has 1 atom stereocenters. The first-order valence-electron chi connectivity index (χ1n) is 7.71. The Morgan fingerprint density at radius 1 is 1.52 bits per heavy atom. The maximum atomic E-state index is 12.2. The summed E-state index contributed by atoms with van der Waals surface area (Å²) in [6.07, 6.45) is 3.57. The zero-order valence-electron chi connectivity index (χ0n) is 13.4. The first kappa shape index (κ1) is 17.5. The van der Waals surface area contributed by atoms with Gasteiger partial charge in [-0.3, -0.25) is 4.79 Å². The molecule has 1 fully saturated rings. The van der Waals surface area contributed by atoms with Crippen molar-refractivity contribution in [3.05, 3.63) is 11.8 Å². The van der Waals surface area contributed by atoms with Gasteiger partial charge in [0.2, 0.25) is 5.91 Å². The Hall–Kier alpha value is -1.83. The Labute approximate surface area is 140 Å². The fourth-order valence-corrected chi connectivity index (χ4v) is 3.17. The molecule has 0 aromatic carbocycles. The Morgan fingerprint density at radius 2 is 2.30 bits per heavy atom. The molecule has 0 bridgehead atoms. The van der Waals surface area contributed by atoms with Gasteiger partial charge in [0.25, 0.3) is 0 Å². The highest BCUT2D eigenvalue weighted by molar-refractivity contribution is 7.99. The van der Waals surface area contributed by atoms with Gasteiger partial charge < -0.3 is 15.4 Å². The molecule has 7 nitrogen and oxygen atoms in total. The molecule has 23 heavy (non-hydrogen) atoms. The molecule has 0 aliphatic carbocycles. The SMILES string of the molecule is CCOC(=O)c1cnc(SCC(=O)N2CCC[C@H](C)C2)nc1N. The van der Waals surface area contributed by atoms with Crippen LogP contribution in [0.25, 0.3) is 0 Å². The number of nitrogens with two attached hydrogens (primary N) is 1. The molecule has 0 unspecified atom stereocenters. The average Bonchev–Trinajstić information content (AvgIpc) is 2.52. The summed E-state index contributed by atoms with van der Waals surface area (Å²) < 4.78 is 4.87. The van der Waals surface area contributed by atoms with Crippen LogP contribution >= 0.6 is 11.8 Å². The van der Waals surface area contributed by atoms with Crippen LogP contribution in [-0.2, 0) is 9.53 Å². The van der Waals surface area contributed by atoms with Gasteiger partial charge in [0.1, 0.15) is 11.4 Å². The van der Waals surface area contributed by atoms with Crippen molar-refractivity contribution >= 4 is 29.5 Å². The lowest BCUT2D eigenvalue weighted by molar-refractivity contribution is -0.130. The summed E-state index contributed by atoms with van der Waals surface area (Å²) in [6, 6.07) is 0. The minimum atomic E-state index is -0.542. The van der Waals surface area contributed by atoms with Crippen molar-refractivity contribution in [3.8, 4) is 0 Å². The van der Waals surface area contributed by atoms with Crippen LogP contribution in [0.1, 0.15) is 37.0 Å². The zero-order valence-corrected chi connectivity index (χ0v) is 14.3. The van der Waals surface area contributed by atoms with Crippen molar-refractivity contribution in [1.82, 2.24) is 14.9 Å². The minimum Gasteiger partial charge on any atom is -0.462 e. The van der Waals surface area contributed by atoms with Crippen LogP contribution in [0.4, 0.5) is 5.82 Å². The fraction of sp³-hybridized carbons (Fsp3) is 0.600. The van der Waals surface area contributed by atoms with Crippen LogP contribution in [0.5, 0.6) is 0 Å². The number of likely N-dealkylation sites (tertiary alicyclic amines) is 1. The van der Waals surface area contributed by atoms with E-state index in [0.717, 1.165) is 19.5 Å². The van der Waals surface area contributed by atoms with Crippen LogP contribution < -0.4 is 5.73 Å². The topological polar surface area (TPSA) is 98.4 Å². The van der Waals surface area contributed by atoms with Gasteiger partial charge in [0, 0.05) is 19.3 Å². The van der Waals surface area contributed by atoms with Crippen LogP contribution in [-0.4, -0.2) is 52.2 Å². The smallest absolute Gasteiger partial charge is 0.343 e. The summed E-state index contributed by atoms with van der Waals surface area (Å²) in [4.78, 5) is 33.9. The summed E-state index contributed by atoms with van der Waals surface area (Å²) in [7, 11) is 0. The first-order valence-corrected chi connectivity index (χ1v) is 8.70. The maximum Gasteiger partial charge on any atom is 0.343 e. The summed E-state index contributed by atoms with van der Waals surface area (Å²) in [6.45, 7) is 5.76. The molecule has 1 aromatic rings. The molecule has 0 saturated carbocycles. The number of ether oxygens (including phenoxy) is 1. The normalized spacial score (nSPS) is 17.8. The van der Waals surface area contributed by atoms with Crippen LogP contribution in [0.3, 0.4) is 0 Å². The lowest BCUT2D eigenvalue weighted by Gasteiger charge is -2.30. The predicted octanol–water partition coefficient (Wildman–Crippen LogP) is 1.59. The Morgan fingerprint density at radius 3 is 2.96 bits per heavy atom. The van der Waals surface area contributed by atoms with E-state index >= 15 is 0 Å². The molecule has 1 aliphatic rings. The molecule has 2 rings (SSSR count). The number of nitrogens with zero attached hydrogens (tertiary/aromatic N) is 3. The van der Waals surface area contributed by atoms with E-state index in [-0.39, 0.29) is 29.6 Å². The predicted molar refractivity (Wildman–Crippen MR) is 88.1 cm³/mol. The number of esters is 1. The van der Waals surface area contributed by atoms with E-state index in [1.165, 1.54) is 24.4 Å². The van der Waals surface area contributed by atoms with Crippen molar-refractivity contribution in [3.63, 3.8) is 0 Å². The third kappa shape index (κ3) is 4.82. The molecule has 0 radical (unpaired) electrons. The standard InChI is InChI=1S/C15H22N4O3S/c1-3-22-14(21)11-7-17-15(18-13(11)16)23-9-12(20)19-6-4-5-10(2)8-19/h7,10H,3-6,8-9H2,1-2H3,(H2,16,17,18)/t10-/m0/s1. The first-order chi connectivity index (χ1) is 11.0. The summed E-state index contributed by atoms with van der Waals surface area (Å²) in [5.74, 6) is 0.428. The van der Waals surface area contributed by atoms with Gasteiger partial charge in [-0.15, -0.1) is 0 Å². The second kappa shape index (κ2) is 8.14. The highest BCUT2D eigenvalue weighted by Gasteiger charge is 2.21. The highest BCUT2D eigenvalue weighted by Crippen LogP contribution is 2.20. The van der Waals surface area contributed by atoms with E-state index < -0.39 is 5.97 Å². The molecule has 126 valence electrons. The summed E-state index contributed by atoms with van der Waals surface area (Å²) in [5.41, 5.74) is 5.91. The quantitative estimate of drug-likeness (QED) is 0.494. The molecule has 0 spiro atoms. The molecular weight excluding hydrogens is 316 g/mol. The number of amides is 1. The molecule has 1 aliphatic heterocycles. The van der Waals surface area contributed by atoms with E-state index in [9.17, 15) is 9.59 Å². The monoisotopic (exact) mass is 338 g/mol. The van der Waals surface area contributed by atoms with Gasteiger partial charge in [-0.25, -0.2) is 14.8 Å². The molecule has 2 N–H and O–H groups in total. The summed E-state index contributed by atoms with van der Waals surface area (Å²) in [5, 5.41) is 0.383. The molecule has 1 amide bonds. The van der Waals surface area contributed by atoms with Crippen LogP contribution in [0.15, 0.2) is 11.4 Å². The maximum absolute atomic E-state index is 12.2. The molecular formula is C15H22N4O3S. The van der Waals surface area contributed by atoms with E-state index in [0.29, 0.717) is 11.1 Å². The third-order valence-electron chi connectivity index (χ3n) is 3.63. The van der Waals surface area contributed by atoms with Gasteiger partial charge in [-0.05, 0) is 25.7 Å². The van der Waals surface area contributed by atoms with Crippen molar-refractivity contribution < 1.29 is 14.3 Å². The fourth-order valence-electron chi connectivity index (χ4n) is 2.45. The Bertz CT molecular complexity index is 582.